The van der Waals surface area contributed by atoms with Gasteiger partial charge < -0.3 is 4.74 Å². The van der Waals surface area contributed by atoms with Crippen LogP contribution in [0.3, 0.4) is 0 Å². The third-order valence-electron chi connectivity index (χ3n) is 2.57. The van der Waals surface area contributed by atoms with E-state index < -0.39 is 43.8 Å². The van der Waals surface area contributed by atoms with E-state index in [1.54, 1.807) is 0 Å². The maximum atomic E-state index is 13.7. The Labute approximate surface area is 123 Å². The second kappa shape index (κ2) is 5.95. The largest absolute Gasteiger partial charge is 0.484 e. The number of benzene rings is 2. The molecule has 0 atom stereocenters. The van der Waals surface area contributed by atoms with E-state index in [9.17, 15) is 21.6 Å². The van der Waals surface area contributed by atoms with E-state index in [2.05, 4.69) is 0 Å². The van der Waals surface area contributed by atoms with Gasteiger partial charge in [-0.05, 0) is 12.1 Å². The highest BCUT2D eigenvalue weighted by Gasteiger charge is 2.23. The molecule has 2 aromatic rings. The lowest BCUT2D eigenvalue weighted by molar-refractivity contribution is 0.275. The van der Waals surface area contributed by atoms with Crippen molar-refractivity contribution in [3.63, 3.8) is 0 Å². The van der Waals surface area contributed by atoms with Crippen LogP contribution in [0.25, 0.3) is 0 Å². The van der Waals surface area contributed by atoms with Crippen molar-refractivity contribution < 1.29 is 26.3 Å². The quantitative estimate of drug-likeness (QED) is 0.801. The molecule has 8 heteroatoms. The Kier molecular flexibility index (Phi) is 4.43. The van der Waals surface area contributed by atoms with E-state index >= 15 is 0 Å². The van der Waals surface area contributed by atoms with Gasteiger partial charge in [-0.15, -0.1) is 0 Å². The van der Waals surface area contributed by atoms with Crippen molar-refractivity contribution in [2.45, 2.75) is 11.5 Å². The summed E-state index contributed by atoms with van der Waals surface area (Å²) in [5.74, 6) is -3.72. The molecule has 0 aliphatic carbocycles. The van der Waals surface area contributed by atoms with E-state index in [4.69, 9.17) is 15.4 Å². The highest BCUT2D eigenvalue weighted by Crippen LogP contribution is 2.31. The van der Waals surface area contributed by atoms with Crippen LogP contribution in [-0.4, -0.2) is 8.42 Å². The molecule has 0 N–H and O–H groups in total. The average Bonchev–Trinajstić information content (AvgIpc) is 2.37. The highest BCUT2D eigenvalue weighted by molar-refractivity contribution is 8.13. The highest BCUT2D eigenvalue weighted by atomic mass is 35.7. The molecule has 2 rings (SSSR count). The molecule has 0 fully saturated rings. The smallest absolute Gasteiger partial charge is 0.265 e. The van der Waals surface area contributed by atoms with Crippen molar-refractivity contribution in [2.75, 3.05) is 0 Å². The molecular weight excluding hydrogens is 329 g/mol. The Hall–Kier alpha value is -1.73. The summed E-state index contributed by atoms with van der Waals surface area (Å²) in [5.41, 5.74) is 0.0825. The van der Waals surface area contributed by atoms with Crippen LogP contribution in [-0.2, 0) is 15.7 Å². The standard InChI is InChI=1S/C13H8ClF3O3S/c14-21(18,19)12-6-9(15)5-11(17)13(12)20-7-8-3-1-2-4-10(8)16/h1-6H,7H2. The number of rotatable bonds is 4. The molecular formula is C13H8ClF3O3S. The summed E-state index contributed by atoms with van der Waals surface area (Å²) in [5, 5.41) is 0. The van der Waals surface area contributed by atoms with E-state index in [-0.39, 0.29) is 5.56 Å². The topological polar surface area (TPSA) is 43.4 Å². The molecule has 0 unspecified atom stereocenters. The van der Waals surface area contributed by atoms with Crippen LogP contribution < -0.4 is 4.74 Å². The summed E-state index contributed by atoms with van der Waals surface area (Å²) in [6.07, 6.45) is 0. The molecule has 0 saturated carbocycles. The lowest BCUT2D eigenvalue weighted by Crippen LogP contribution is -2.05. The summed E-state index contributed by atoms with van der Waals surface area (Å²) in [7, 11) is 0.686. The monoisotopic (exact) mass is 336 g/mol. The van der Waals surface area contributed by atoms with Gasteiger partial charge >= 0.3 is 0 Å². The molecule has 0 saturated heterocycles. The van der Waals surface area contributed by atoms with Gasteiger partial charge in [-0.25, -0.2) is 21.6 Å². The normalized spacial score (nSPS) is 11.4. The van der Waals surface area contributed by atoms with Crippen LogP contribution in [0.1, 0.15) is 5.56 Å². The maximum absolute atomic E-state index is 13.7. The fraction of sp³-hybridized carbons (Fsp3) is 0.0769. The minimum atomic E-state index is -4.42. The zero-order valence-corrected chi connectivity index (χ0v) is 11.9. The second-order valence-electron chi connectivity index (χ2n) is 4.03. The van der Waals surface area contributed by atoms with Crippen molar-refractivity contribution in [3.05, 3.63) is 59.4 Å². The zero-order valence-electron chi connectivity index (χ0n) is 10.3. The van der Waals surface area contributed by atoms with E-state index in [1.165, 1.54) is 24.3 Å². The van der Waals surface area contributed by atoms with Crippen molar-refractivity contribution in [3.8, 4) is 5.75 Å². The maximum Gasteiger partial charge on any atom is 0.265 e. The Morgan fingerprint density at radius 2 is 1.71 bits per heavy atom. The third-order valence-corrected chi connectivity index (χ3v) is 3.89. The first-order valence-corrected chi connectivity index (χ1v) is 7.90. The van der Waals surface area contributed by atoms with Gasteiger partial charge in [0.25, 0.3) is 9.05 Å². The first kappa shape index (κ1) is 15.7. The Balaban J connectivity index is 2.39. The minimum Gasteiger partial charge on any atom is -0.484 e. The molecule has 0 heterocycles. The predicted octanol–water partition coefficient (Wildman–Crippen LogP) is 3.61. The van der Waals surface area contributed by atoms with Crippen LogP contribution in [0.4, 0.5) is 13.2 Å². The van der Waals surface area contributed by atoms with Crippen LogP contribution in [0, 0.1) is 17.5 Å². The predicted molar refractivity (Wildman–Crippen MR) is 70.1 cm³/mol. The molecule has 0 amide bonds. The van der Waals surface area contributed by atoms with Crippen LogP contribution in [0.15, 0.2) is 41.3 Å². The summed E-state index contributed by atoms with van der Waals surface area (Å²) in [6, 6.07) is 6.50. The second-order valence-corrected chi connectivity index (χ2v) is 6.57. The molecule has 0 radical (unpaired) electrons. The number of hydrogen-bond donors (Lipinski definition) is 0. The molecule has 3 nitrogen and oxygen atoms in total. The Morgan fingerprint density at radius 1 is 1.05 bits per heavy atom. The van der Waals surface area contributed by atoms with Gasteiger partial charge in [-0.3, -0.25) is 0 Å². The van der Waals surface area contributed by atoms with Gasteiger partial charge in [-0.2, -0.15) is 0 Å². The summed E-state index contributed by atoms with van der Waals surface area (Å²) < 4.78 is 67.8. The molecule has 0 aromatic heterocycles. The lowest BCUT2D eigenvalue weighted by Gasteiger charge is -2.11. The lowest BCUT2D eigenvalue weighted by atomic mass is 10.2. The van der Waals surface area contributed by atoms with E-state index in [0.717, 1.165) is 0 Å². The van der Waals surface area contributed by atoms with Gasteiger partial charge in [0, 0.05) is 22.3 Å². The average molecular weight is 337 g/mol. The van der Waals surface area contributed by atoms with Gasteiger partial charge in [0.2, 0.25) is 0 Å². The van der Waals surface area contributed by atoms with Gasteiger partial charge in [0.15, 0.2) is 11.6 Å². The molecule has 2 aromatic carbocycles. The van der Waals surface area contributed by atoms with Gasteiger partial charge in [-0.1, -0.05) is 18.2 Å². The van der Waals surface area contributed by atoms with Crippen molar-refractivity contribution in [1.29, 1.82) is 0 Å². The number of hydrogen-bond acceptors (Lipinski definition) is 3. The SMILES string of the molecule is O=S(=O)(Cl)c1cc(F)cc(F)c1OCc1ccccc1F. The van der Waals surface area contributed by atoms with Crippen LogP contribution in [0.5, 0.6) is 5.75 Å². The van der Waals surface area contributed by atoms with Gasteiger partial charge in [0.1, 0.15) is 23.1 Å². The fourth-order valence-corrected chi connectivity index (χ4v) is 2.60. The Bertz CT molecular complexity index is 778. The zero-order chi connectivity index (χ0) is 15.6. The third kappa shape index (κ3) is 3.68. The Morgan fingerprint density at radius 3 is 2.33 bits per heavy atom. The van der Waals surface area contributed by atoms with E-state index in [1.807, 2.05) is 0 Å². The fourth-order valence-electron chi connectivity index (χ4n) is 1.62. The first-order chi connectivity index (χ1) is 9.79. The molecule has 0 spiro atoms. The summed E-state index contributed by atoms with van der Waals surface area (Å²) in [6.45, 7) is -0.436. The van der Waals surface area contributed by atoms with Crippen LogP contribution >= 0.6 is 10.7 Å². The molecule has 112 valence electrons. The number of ether oxygens (including phenoxy) is 1. The summed E-state index contributed by atoms with van der Waals surface area (Å²) in [4.78, 5) is -0.849. The van der Waals surface area contributed by atoms with Crippen molar-refractivity contribution >= 4 is 19.7 Å². The molecule has 0 aliphatic heterocycles. The molecule has 21 heavy (non-hydrogen) atoms. The minimum absolute atomic E-state index is 0.0825. The van der Waals surface area contributed by atoms with Crippen molar-refractivity contribution in [2.24, 2.45) is 0 Å². The van der Waals surface area contributed by atoms with Crippen molar-refractivity contribution in [1.82, 2.24) is 0 Å². The molecule has 0 aliphatic rings. The number of halogens is 4. The van der Waals surface area contributed by atoms with E-state index in [0.29, 0.717) is 12.1 Å². The van der Waals surface area contributed by atoms with Crippen LogP contribution in [0.2, 0.25) is 0 Å². The summed E-state index contributed by atoms with van der Waals surface area (Å²) >= 11 is 0. The molecule has 0 bridgehead atoms. The first-order valence-electron chi connectivity index (χ1n) is 5.59. The van der Waals surface area contributed by atoms with Gasteiger partial charge in [0.05, 0.1) is 0 Å².